The Kier molecular flexibility index (Phi) is 5.90. The second-order valence-corrected chi connectivity index (χ2v) is 7.99. The van der Waals surface area contributed by atoms with Gasteiger partial charge in [-0.05, 0) is 61.2 Å². The summed E-state index contributed by atoms with van der Waals surface area (Å²) in [6.45, 7) is 6.97. The lowest BCUT2D eigenvalue weighted by atomic mass is 9.96. The third kappa shape index (κ3) is 3.74. The Balaban J connectivity index is 1.93. The van der Waals surface area contributed by atoms with Crippen LogP contribution in [0.1, 0.15) is 60.7 Å². The molecule has 3 aromatic carbocycles. The predicted molar refractivity (Wildman–Crippen MR) is 128 cm³/mol. The first-order valence-corrected chi connectivity index (χ1v) is 11.0. The van der Waals surface area contributed by atoms with Crippen LogP contribution in [0.5, 0.6) is 0 Å². The second-order valence-electron chi connectivity index (χ2n) is 7.99. The fourth-order valence-electron chi connectivity index (χ4n) is 4.29. The minimum Gasteiger partial charge on any atom is -0.411 e. The van der Waals surface area contributed by atoms with E-state index in [9.17, 15) is 10.0 Å². The topological polar surface area (TPSA) is 54.6 Å². The first-order chi connectivity index (χ1) is 15.1. The largest absolute Gasteiger partial charge is 0.411 e. The Morgan fingerprint density at radius 1 is 0.935 bits per heavy atom. The van der Waals surface area contributed by atoms with Crippen molar-refractivity contribution in [1.82, 2.24) is 4.57 Å². The van der Waals surface area contributed by atoms with E-state index in [1.54, 1.807) is 6.92 Å². The fraction of sp³-hybridized carbons (Fsp3) is 0.259. The van der Waals surface area contributed by atoms with Gasteiger partial charge >= 0.3 is 0 Å². The van der Waals surface area contributed by atoms with Gasteiger partial charge in [-0.15, -0.1) is 0 Å². The van der Waals surface area contributed by atoms with E-state index in [1.807, 2.05) is 42.5 Å². The molecule has 4 nitrogen and oxygen atoms in total. The van der Waals surface area contributed by atoms with Crippen LogP contribution in [0.2, 0.25) is 0 Å². The first kappa shape index (κ1) is 20.9. The average Bonchev–Trinajstić information content (AvgIpc) is 3.13. The Hall–Kier alpha value is -3.40. The van der Waals surface area contributed by atoms with Gasteiger partial charge in [0.25, 0.3) is 0 Å². The highest BCUT2D eigenvalue weighted by atomic mass is 16.4. The number of hydrogen-bond acceptors (Lipinski definition) is 3. The zero-order chi connectivity index (χ0) is 22.0. The lowest BCUT2D eigenvalue weighted by Gasteiger charge is -2.08. The van der Waals surface area contributed by atoms with Gasteiger partial charge in [-0.3, -0.25) is 4.79 Å². The minimum absolute atomic E-state index is 0.0538. The van der Waals surface area contributed by atoms with Gasteiger partial charge in [-0.2, -0.15) is 0 Å². The van der Waals surface area contributed by atoms with Gasteiger partial charge in [-0.25, -0.2) is 0 Å². The van der Waals surface area contributed by atoms with E-state index in [0.29, 0.717) is 11.3 Å². The van der Waals surface area contributed by atoms with Gasteiger partial charge < -0.3 is 9.77 Å². The molecule has 0 saturated heterocycles. The summed E-state index contributed by atoms with van der Waals surface area (Å²) in [7, 11) is 0. The molecule has 1 N–H and O–H groups in total. The number of oxime groups is 1. The fourth-order valence-corrected chi connectivity index (χ4v) is 4.29. The van der Waals surface area contributed by atoms with Crippen LogP contribution in [0.3, 0.4) is 0 Å². The maximum atomic E-state index is 13.3. The monoisotopic (exact) mass is 412 g/mol. The van der Waals surface area contributed by atoms with Crippen molar-refractivity contribution >= 4 is 33.3 Å². The van der Waals surface area contributed by atoms with Crippen molar-refractivity contribution in [2.45, 2.75) is 46.6 Å². The quantitative estimate of drug-likeness (QED) is 0.161. The number of unbranched alkanes of at least 4 members (excludes halogenated alkanes) is 1. The van der Waals surface area contributed by atoms with Crippen molar-refractivity contribution in [3.63, 3.8) is 0 Å². The standard InChI is InChI=1S/C27H28N2O2/c1-4-6-15-29-25-13-11-20(18(3)28-31)16-23(25)24-17-21(12-14-26(24)29)27(30)22-10-8-7-9-19(22)5-2/h7-14,16-17,31H,4-6,15H2,1-3H3. The van der Waals surface area contributed by atoms with Gasteiger partial charge in [0.05, 0.1) is 5.71 Å². The van der Waals surface area contributed by atoms with Gasteiger partial charge in [0.2, 0.25) is 0 Å². The van der Waals surface area contributed by atoms with E-state index in [-0.39, 0.29) is 5.78 Å². The molecule has 0 atom stereocenters. The summed E-state index contributed by atoms with van der Waals surface area (Å²) in [5.74, 6) is 0.0538. The van der Waals surface area contributed by atoms with Crippen LogP contribution in [0.15, 0.2) is 65.8 Å². The Bertz CT molecular complexity index is 1300. The lowest BCUT2D eigenvalue weighted by Crippen LogP contribution is -2.05. The molecule has 0 aliphatic heterocycles. The summed E-state index contributed by atoms with van der Waals surface area (Å²) < 4.78 is 2.33. The van der Waals surface area contributed by atoms with Crippen LogP contribution in [0.4, 0.5) is 0 Å². The number of benzene rings is 3. The molecule has 1 heterocycles. The lowest BCUT2D eigenvalue weighted by molar-refractivity contribution is 0.103. The summed E-state index contributed by atoms with van der Waals surface area (Å²) in [5.41, 5.74) is 6.23. The minimum atomic E-state index is 0.0538. The third-order valence-corrected chi connectivity index (χ3v) is 6.07. The summed E-state index contributed by atoms with van der Waals surface area (Å²) in [5, 5.41) is 14.7. The maximum absolute atomic E-state index is 13.3. The number of hydrogen-bond donors (Lipinski definition) is 1. The van der Waals surface area contributed by atoms with E-state index in [4.69, 9.17) is 0 Å². The predicted octanol–water partition coefficient (Wildman–Crippen LogP) is 6.59. The molecule has 0 saturated carbocycles. The average molecular weight is 413 g/mol. The van der Waals surface area contributed by atoms with E-state index >= 15 is 0 Å². The number of carbonyl (C=O) groups is 1. The number of nitrogens with zero attached hydrogens (tertiary/aromatic N) is 2. The smallest absolute Gasteiger partial charge is 0.193 e. The molecule has 158 valence electrons. The third-order valence-electron chi connectivity index (χ3n) is 6.07. The Labute approximate surface area is 182 Å². The highest BCUT2D eigenvalue weighted by Gasteiger charge is 2.17. The second kappa shape index (κ2) is 8.76. The van der Waals surface area contributed by atoms with Crippen molar-refractivity contribution in [3.8, 4) is 0 Å². The van der Waals surface area contributed by atoms with Crippen LogP contribution in [0, 0.1) is 0 Å². The molecular formula is C27H28N2O2. The van der Waals surface area contributed by atoms with Gasteiger partial charge in [-0.1, -0.05) is 55.8 Å². The molecule has 0 amide bonds. The number of fused-ring (bicyclic) bond motifs is 3. The van der Waals surface area contributed by atoms with Crippen molar-refractivity contribution in [2.24, 2.45) is 5.16 Å². The number of carbonyl (C=O) groups excluding carboxylic acids is 1. The molecule has 0 bridgehead atoms. The Morgan fingerprint density at radius 3 is 2.23 bits per heavy atom. The zero-order valence-electron chi connectivity index (χ0n) is 18.4. The van der Waals surface area contributed by atoms with Crippen molar-refractivity contribution in [1.29, 1.82) is 0 Å². The van der Waals surface area contributed by atoms with Crippen LogP contribution in [-0.2, 0) is 13.0 Å². The van der Waals surface area contributed by atoms with E-state index in [0.717, 1.165) is 64.3 Å². The summed E-state index contributed by atoms with van der Waals surface area (Å²) in [6.07, 6.45) is 3.02. The van der Waals surface area contributed by atoms with Crippen molar-refractivity contribution in [2.75, 3.05) is 0 Å². The van der Waals surface area contributed by atoms with E-state index in [1.165, 1.54) is 0 Å². The molecule has 4 rings (SSSR count). The highest BCUT2D eigenvalue weighted by molar-refractivity contribution is 6.16. The molecule has 0 aliphatic carbocycles. The summed E-state index contributed by atoms with van der Waals surface area (Å²) in [4.78, 5) is 13.3. The van der Waals surface area contributed by atoms with E-state index < -0.39 is 0 Å². The van der Waals surface area contributed by atoms with Crippen LogP contribution >= 0.6 is 0 Å². The van der Waals surface area contributed by atoms with Gasteiger partial charge in [0.15, 0.2) is 5.78 Å². The van der Waals surface area contributed by atoms with Gasteiger partial charge in [0.1, 0.15) is 0 Å². The number of aromatic nitrogens is 1. The highest BCUT2D eigenvalue weighted by Crippen LogP contribution is 2.32. The SMILES string of the molecule is CCCCn1c2ccc(C(=O)c3ccccc3CC)cc2c2cc(C(C)=NO)ccc21. The molecule has 0 unspecified atom stereocenters. The molecule has 4 aromatic rings. The molecule has 31 heavy (non-hydrogen) atoms. The molecule has 4 heteroatoms. The number of rotatable bonds is 7. The van der Waals surface area contributed by atoms with Crippen LogP contribution in [-0.4, -0.2) is 21.3 Å². The molecule has 0 fully saturated rings. The Morgan fingerprint density at radius 2 is 1.58 bits per heavy atom. The maximum Gasteiger partial charge on any atom is 0.193 e. The number of ketones is 1. The van der Waals surface area contributed by atoms with Crippen molar-refractivity contribution < 1.29 is 10.0 Å². The molecule has 1 aromatic heterocycles. The zero-order valence-corrected chi connectivity index (χ0v) is 18.4. The normalized spacial score (nSPS) is 12.0. The molecule has 0 aliphatic rings. The molecule has 0 radical (unpaired) electrons. The summed E-state index contributed by atoms with van der Waals surface area (Å²) >= 11 is 0. The molecular weight excluding hydrogens is 384 g/mol. The van der Waals surface area contributed by atoms with Crippen LogP contribution in [0.25, 0.3) is 21.8 Å². The van der Waals surface area contributed by atoms with Gasteiger partial charge in [0, 0.05) is 39.5 Å². The van der Waals surface area contributed by atoms with E-state index in [2.05, 4.69) is 41.8 Å². The first-order valence-electron chi connectivity index (χ1n) is 11.0. The number of aryl methyl sites for hydroxylation is 2. The van der Waals surface area contributed by atoms with Crippen molar-refractivity contribution in [3.05, 3.63) is 82.9 Å². The molecule has 0 spiro atoms. The summed E-state index contributed by atoms with van der Waals surface area (Å²) in [6, 6.07) is 20.0. The van der Waals surface area contributed by atoms with Crippen LogP contribution < -0.4 is 0 Å².